The quantitative estimate of drug-likeness (QED) is 0.701. The topological polar surface area (TPSA) is 30.5 Å². The van der Waals surface area contributed by atoms with Crippen LogP contribution in [-0.4, -0.2) is 38.5 Å². The Morgan fingerprint density at radius 2 is 2.46 bits per heavy atom. The molecule has 0 aliphatic carbocycles. The molecule has 2 atom stereocenters. The van der Waals surface area contributed by atoms with Crippen molar-refractivity contribution >= 4 is 0 Å². The van der Waals surface area contributed by atoms with E-state index in [-0.39, 0.29) is 6.10 Å². The van der Waals surface area contributed by atoms with Crippen LogP contribution in [0.3, 0.4) is 0 Å². The number of hydrogen-bond acceptors (Lipinski definition) is 3. The zero-order valence-electron chi connectivity index (χ0n) is 8.71. The fraction of sp³-hybridized carbons (Fsp3) is 1.00. The zero-order valence-corrected chi connectivity index (χ0v) is 8.71. The molecule has 1 N–H and O–H groups in total. The second kappa shape index (κ2) is 6.35. The van der Waals surface area contributed by atoms with Gasteiger partial charge in [0.1, 0.15) is 0 Å². The minimum Gasteiger partial charge on any atom is -0.376 e. The number of nitrogens with one attached hydrogen (secondary N) is 1. The lowest BCUT2D eigenvalue weighted by Crippen LogP contribution is -2.41. The number of rotatable bonds is 5. The van der Waals surface area contributed by atoms with Gasteiger partial charge in [0.05, 0.1) is 25.4 Å². The summed E-state index contributed by atoms with van der Waals surface area (Å²) in [7, 11) is 0. The summed E-state index contributed by atoms with van der Waals surface area (Å²) < 4.78 is 11.2. The average Bonchev–Trinajstić information content (AvgIpc) is 2.17. The Morgan fingerprint density at radius 1 is 1.62 bits per heavy atom. The van der Waals surface area contributed by atoms with Crippen molar-refractivity contribution in [3.8, 4) is 0 Å². The maximum absolute atomic E-state index is 5.66. The van der Waals surface area contributed by atoms with Crippen LogP contribution in [0.2, 0.25) is 0 Å². The monoisotopic (exact) mass is 187 g/mol. The van der Waals surface area contributed by atoms with Gasteiger partial charge >= 0.3 is 0 Å². The summed E-state index contributed by atoms with van der Waals surface area (Å²) in [5.41, 5.74) is 0. The molecule has 0 bridgehead atoms. The van der Waals surface area contributed by atoms with Crippen molar-refractivity contribution in [3.05, 3.63) is 0 Å². The van der Waals surface area contributed by atoms with Crippen molar-refractivity contribution in [3.63, 3.8) is 0 Å². The summed E-state index contributed by atoms with van der Waals surface area (Å²) in [6, 6.07) is 0. The number of ether oxygens (including phenoxy) is 2. The largest absolute Gasteiger partial charge is 0.376 e. The first kappa shape index (κ1) is 11.0. The highest BCUT2D eigenvalue weighted by Crippen LogP contribution is 2.04. The van der Waals surface area contributed by atoms with Gasteiger partial charge in [-0.05, 0) is 13.3 Å². The van der Waals surface area contributed by atoms with Gasteiger partial charge in [0.15, 0.2) is 0 Å². The molecule has 1 fully saturated rings. The Bertz CT molecular complexity index is 124. The zero-order chi connectivity index (χ0) is 9.52. The lowest BCUT2D eigenvalue weighted by atomic mass is 10.2. The van der Waals surface area contributed by atoms with Crippen LogP contribution in [0.1, 0.15) is 26.7 Å². The average molecular weight is 187 g/mol. The van der Waals surface area contributed by atoms with Crippen LogP contribution in [0.4, 0.5) is 0 Å². The molecule has 0 radical (unpaired) electrons. The summed E-state index contributed by atoms with van der Waals surface area (Å²) in [4.78, 5) is 0. The summed E-state index contributed by atoms with van der Waals surface area (Å²) >= 11 is 0. The van der Waals surface area contributed by atoms with Gasteiger partial charge in [0.2, 0.25) is 0 Å². The second-order valence-corrected chi connectivity index (χ2v) is 3.63. The van der Waals surface area contributed by atoms with Crippen molar-refractivity contribution in [2.45, 2.75) is 38.9 Å². The van der Waals surface area contributed by atoms with Gasteiger partial charge in [-0.2, -0.15) is 0 Å². The van der Waals surface area contributed by atoms with Gasteiger partial charge in [-0.1, -0.05) is 13.3 Å². The Morgan fingerprint density at radius 3 is 3.08 bits per heavy atom. The Labute approximate surface area is 80.8 Å². The SMILES string of the molecule is CCCC(C)OCC1CNCCO1. The minimum absolute atomic E-state index is 0.257. The van der Waals surface area contributed by atoms with E-state index in [2.05, 4.69) is 19.2 Å². The van der Waals surface area contributed by atoms with Crippen molar-refractivity contribution in [2.24, 2.45) is 0 Å². The molecule has 0 aromatic carbocycles. The molecule has 3 heteroatoms. The van der Waals surface area contributed by atoms with Gasteiger partial charge in [0, 0.05) is 13.1 Å². The number of hydrogen-bond donors (Lipinski definition) is 1. The first-order valence-corrected chi connectivity index (χ1v) is 5.27. The smallest absolute Gasteiger partial charge is 0.0933 e. The maximum atomic E-state index is 5.66. The first-order chi connectivity index (χ1) is 6.33. The molecular weight excluding hydrogens is 166 g/mol. The molecule has 0 aromatic heterocycles. The van der Waals surface area contributed by atoms with Crippen molar-refractivity contribution in [1.82, 2.24) is 5.32 Å². The van der Waals surface area contributed by atoms with E-state index in [4.69, 9.17) is 9.47 Å². The highest BCUT2D eigenvalue weighted by Gasteiger charge is 2.14. The summed E-state index contributed by atoms with van der Waals surface area (Å²) in [6.45, 7) is 7.75. The van der Waals surface area contributed by atoms with Gasteiger partial charge in [-0.15, -0.1) is 0 Å². The van der Waals surface area contributed by atoms with E-state index in [0.29, 0.717) is 6.10 Å². The third kappa shape index (κ3) is 4.60. The van der Waals surface area contributed by atoms with Crippen LogP contribution in [0.5, 0.6) is 0 Å². The van der Waals surface area contributed by atoms with Gasteiger partial charge in [-0.25, -0.2) is 0 Å². The molecule has 0 aromatic rings. The predicted molar refractivity (Wildman–Crippen MR) is 52.9 cm³/mol. The van der Waals surface area contributed by atoms with Crippen LogP contribution >= 0.6 is 0 Å². The van der Waals surface area contributed by atoms with Crippen LogP contribution < -0.4 is 5.32 Å². The van der Waals surface area contributed by atoms with Crippen molar-refractivity contribution < 1.29 is 9.47 Å². The molecule has 1 rings (SSSR count). The summed E-state index contributed by atoms with van der Waals surface area (Å²) in [6.07, 6.45) is 2.95. The molecule has 3 nitrogen and oxygen atoms in total. The van der Waals surface area contributed by atoms with Crippen LogP contribution in [-0.2, 0) is 9.47 Å². The van der Waals surface area contributed by atoms with Gasteiger partial charge in [-0.3, -0.25) is 0 Å². The third-order valence-electron chi connectivity index (χ3n) is 2.27. The summed E-state index contributed by atoms with van der Waals surface area (Å²) in [5, 5.41) is 3.29. The normalized spacial score (nSPS) is 25.8. The Balaban J connectivity index is 2.03. The summed E-state index contributed by atoms with van der Waals surface area (Å²) in [5.74, 6) is 0. The van der Waals surface area contributed by atoms with Crippen LogP contribution in [0.25, 0.3) is 0 Å². The first-order valence-electron chi connectivity index (χ1n) is 5.27. The molecular formula is C10H21NO2. The van der Waals surface area contributed by atoms with E-state index < -0.39 is 0 Å². The van der Waals surface area contributed by atoms with E-state index in [0.717, 1.165) is 32.7 Å². The lowest BCUT2D eigenvalue weighted by Gasteiger charge is -2.24. The van der Waals surface area contributed by atoms with E-state index in [1.807, 2.05) is 0 Å². The Kier molecular flexibility index (Phi) is 5.35. The van der Waals surface area contributed by atoms with E-state index in [9.17, 15) is 0 Å². The van der Waals surface area contributed by atoms with Crippen LogP contribution in [0, 0.1) is 0 Å². The molecule has 1 heterocycles. The highest BCUT2D eigenvalue weighted by molar-refractivity contribution is 4.66. The maximum Gasteiger partial charge on any atom is 0.0933 e. The van der Waals surface area contributed by atoms with Crippen molar-refractivity contribution in [2.75, 3.05) is 26.3 Å². The molecule has 0 saturated carbocycles. The standard InChI is InChI=1S/C10H21NO2/c1-3-4-9(2)13-8-10-7-11-5-6-12-10/h9-11H,3-8H2,1-2H3. The van der Waals surface area contributed by atoms with Crippen molar-refractivity contribution in [1.29, 1.82) is 0 Å². The molecule has 0 amide bonds. The fourth-order valence-electron chi connectivity index (χ4n) is 1.49. The second-order valence-electron chi connectivity index (χ2n) is 3.63. The van der Waals surface area contributed by atoms with Gasteiger partial charge < -0.3 is 14.8 Å². The molecule has 13 heavy (non-hydrogen) atoms. The van der Waals surface area contributed by atoms with E-state index >= 15 is 0 Å². The van der Waals surface area contributed by atoms with E-state index in [1.54, 1.807) is 0 Å². The van der Waals surface area contributed by atoms with Gasteiger partial charge in [0.25, 0.3) is 0 Å². The number of morpholine rings is 1. The molecule has 0 spiro atoms. The predicted octanol–water partition coefficient (Wildman–Crippen LogP) is 1.18. The lowest BCUT2D eigenvalue weighted by molar-refractivity contribution is -0.0527. The third-order valence-corrected chi connectivity index (χ3v) is 2.27. The fourth-order valence-corrected chi connectivity index (χ4v) is 1.49. The molecule has 1 saturated heterocycles. The molecule has 2 unspecified atom stereocenters. The highest BCUT2D eigenvalue weighted by atomic mass is 16.5. The molecule has 78 valence electrons. The molecule has 1 aliphatic heterocycles. The van der Waals surface area contributed by atoms with E-state index in [1.165, 1.54) is 6.42 Å². The minimum atomic E-state index is 0.257. The van der Waals surface area contributed by atoms with Crippen LogP contribution in [0.15, 0.2) is 0 Å². The Hall–Kier alpha value is -0.120. The molecule has 1 aliphatic rings.